The number of aliphatic imine (C=N–C) groups is 1. The number of rotatable bonds is 1. The predicted molar refractivity (Wildman–Crippen MR) is 72.5 cm³/mol. The van der Waals surface area contributed by atoms with Gasteiger partial charge in [0.1, 0.15) is 5.84 Å². The largest absolute Gasteiger partial charge is 0.363 e. The SMILES string of the molecule is CN1CCCC1=NC(=O)Nc1cccc(Br)c1. The van der Waals surface area contributed by atoms with E-state index in [1.54, 1.807) is 0 Å². The molecule has 1 heterocycles. The van der Waals surface area contributed by atoms with Crippen LogP contribution < -0.4 is 5.32 Å². The van der Waals surface area contributed by atoms with E-state index in [4.69, 9.17) is 0 Å². The normalized spacial score (nSPS) is 17.5. The molecule has 2 rings (SSSR count). The minimum Gasteiger partial charge on any atom is -0.363 e. The number of hydrogen-bond acceptors (Lipinski definition) is 1. The van der Waals surface area contributed by atoms with Crippen LogP contribution in [0.4, 0.5) is 10.5 Å². The van der Waals surface area contributed by atoms with E-state index in [-0.39, 0.29) is 6.03 Å². The predicted octanol–water partition coefficient (Wildman–Crippen LogP) is 3.11. The fourth-order valence-corrected chi connectivity index (χ4v) is 2.17. The van der Waals surface area contributed by atoms with Gasteiger partial charge < -0.3 is 10.2 Å². The summed E-state index contributed by atoms with van der Waals surface area (Å²) in [7, 11) is 1.96. The Bertz CT molecular complexity index is 459. The molecule has 0 aliphatic carbocycles. The Morgan fingerprint density at radius 1 is 1.53 bits per heavy atom. The summed E-state index contributed by atoms with van der Waals surface area (Å²) >= 11 is 3.35. The molecule has 0 unspecified atom stereocenters. The summed E-state index contributed by atoms with van der Waals surface area (Å²) < 4.78 is 0.931. The van der Waals surface area contributed by atoms with Gasteiger partial charge in [-0.2, -0.15) is 4.99 Å². The molecule has 1 aromatic carbocycles. The van der Waals surface area contributed by atoms with Gasteiger partial charge in [0.2, 0.25) is 0 Å². The van der Waals surface area contributed by atoms with Gasteiger partial charge in [0.25, 0.3) is 0 Å². The summed E-state index contributed by atoms with van der Waals surface area (Å²) in [5.74, 6) is 0.859. The lowest BCUT2D eigenvalue weighted by Gasteiger charge is -2.10. The molecule has 1 aromatic rings. The van der Waals surface area contributed by atoms with Gasteiger partial charge >= 0.3 is 6.03 Å². The summed E-state index contributed by atoms with van der Waals surface area (Å²) in [6.07, 6.45) is 1.95. The van der Waals surface area contributed by atoms with Crippen LogP contribution in [0.3, 0.4) is 0 Å². The van der Waals surface area contributed by atoms with Gasteiger partial charge in [-0.05, 0) is 24.6 Å². The molecule has 0 aromatic heterocycles. The van der Waals surface area contributed by atoms with Crippen LogP contribution in [0.1, 0.15) is 12.8 Å². The molecule has 0 atom stereocenters. The average molecular weight is 296 g/mol. The van der Waals surface area contributed by atoms with Gasteiger partial charge in [0.05, 0.1) is 0 Å². The number of hydrogen-bond donors (Lipinski definition) is 1. The lowest BCUT2D eigenvalue weighted by Crippen LogP contribution is -2.21. The highest BCUT2D eigenvalue weighted by molar-refractivity contribution is 9.10. The highest BCUT2D eigenvalue weighted by Crippen LogP contribution is 2.16. The lowest BCUT2D eigenvalue weighted by molar-refractivity contribution is 0.259. The zero-order chi connectivity index (χ0) is 12.3. The third-order valence-electron chi connectivity index (χ3n) is 2.64. The van der Waals surface area contributed by atoms with Crippen molar-refractivity contribution in [2.24, 2.45) is 4.99 Å². The second-order valence-corrected chi connectivity index (χ2v) is 4.91. The lowest BCUT2D eigenvalue weighted by atomic mass is 10.3. The molecule has 90 valence electrons. The molecular formula is C12H14BrN3O. The van der Waals surface area contributed by atoms with Gasteiger partial charge in [0, 0.05) is 30.2 Å². The van der Waals surface area contributed by atoms with Gasteiger partial charge in [-0.3, -0.25) is 0 Å². The first kappa shape index (κ1) is 12.1. The van der Waals surface area contributed by atoms with E-state index in [0.29, 0.717) is 0 Å². The molecule has 0 spiro atoms. The van der Waals surface area contributed by atoms with Gasteiger partial charge in [-0.1, -0.05) is 22.0 Å². The molecule has 0 saturated carbocycles. The topological polar surface area (TPSA) is 44.7 Å². The first-order chi connectivity index (χ1) is 8.15. The molecule has 1 fully saturated rings. The quantitative estimate of drug-likeness (QED) is 0.865. The summed E-state index contributed by atoms with van der Waals surface area (Å²) in [6.45, 7) is 0.975. The molecule has 4 nitrogen and oxygen atoms in total. The van der Waals surface area contributed by atoms with Gasteiger partial charge in [0.15, 0.2) is 0 Å². The van der Waals surface area contributed by atoms with Crippen LogP contribution in [-0.2, 0) is 0 Å². The fraction of sp³-hybridized carbons (Fsp3) is 0.333. The average Bonchev–Trinajstić information content (AvgIpc) is 2.64. The molecule has 1 saturated heterocycles. The zero-order valence-corrected chi connectivity index (χ0v) is 11.2. The number of benzene rings is 1. The van der Waals surface area contributed by atoms with E-state index in [1.807, 2.05) is 36.2 Å². The molecule has 5 heteroatoms. The minimum atomic E-state index is -0.313. The van der Waals surface area contributed by atoms with Crippen LogP contribution in [0.25, 0.3) is 0 Å². The molecule has 0 radical (unpaired) electrons. The molecule has 17 heavy (non-hydrogen) atoms. The number of carbonyl (C=O) groups excluding carboxylic acids is 1. The summed E-state index contributed by atoms with van der Waals surface area (Å²) in [6, 6.07) is 7.14. The highest BCUT2D eigenvalue weighted by atomic mass is 79.9. The van der Waals surface area contributed by atoms with Crippen LogP contribution in [-0.4, -0.2) is 30.4 Å². The molecule has 1 aliphatic heterocycles. The van der Waals surface area contributed by atoms with Crippen LogP contribution in [0.5, 0.6) is 0 Å². The second kappa shape index (κ2) is 5.31. The van der Waals surface area contributed by atoms with Crippen molar-refractivity contribution in [3.8, 4) is 0 Å². The maximum Gasteiger partial charge on any atom is 0.347 e. The molecule has 1 aliphatic rings. The van der Waals surface area contributed by atoms with Gasteiger partial charge in [-0.25, -0.2) is 4.79 Å². The van der Waals surface area contributed by atoms with Crippen LogP contribution in [0.2, 0.25) is 0 Å². The van der Waals surface area contributed by atoms with Crippen molar-refractivity contribution in [3.05, 3.63) is 28.7 Å². The highest BCUT2D eigenvalue weighted by Gasteiger charge is 2.15. The van der Waals surface area contributed by atoms with E-state index in [1.165, 1.54) is 0 Å². The van der Waals surface area contributed by atoms with Crippen molar-refractivity contribution in [3.63, 3.8) is 0 Å². The van der Waals surface area contributed by atoms with E-state index in [9.17, 15) is 4.79 Å². The Kier molecular flexibility index (Phi) is 3.78. The summed E-state index contributed by atoms with van der Waals surface area (Å²) in [4.78, 5) is 17.8. The molecular weight excluding hydrogens is 282 g/mol. The van der Waals surface area contributed by atoms with E-state index < -0.39 is 0 Å². The smallest absolute Gasteiger partial charge is 0.347 e. The molecule has 1 N–H and O–H groups in total. The van der Waals surface area contributed by atoms with Gasteiger partial charge in [-0.15, -0.1) is 0 Å². The number of urea groups is 1. The third-order valence-corrected chi connectivity index (χ3v) is 3.13. The van der Waals surface area contributed by atoms with Crippen LogP contribution in [0.15, 0.2) is 33.7 Å². The van der Waals surface area contributed by atoms with Crippen molar-refractivity contribution in [1.29, 1.82) is 0 Å². The minimum absolute atomic E-state index is 0.313. The van der Waals surface area contributed by atoms with Crippen molar-refractivity contribution < 1.29 is 4.79 Å². The number of nitrogens with one attached hydrogen (secondary N) is 1. The number of likely N-dealkylation sites (tertiary alicyclic amines) is 1. The Morgan fingerprint density at radius 2 is 2.35 bits per heavy atom. The fourth-order valence-electron chi connectivity index (χ4n) is 1.77. The van der Waals surface area contributed by atoms with E-state index in [0.717, 1.165) is 35.4 Å². The first-order valence-corrected chi connectivity index (χ1v) is 6.30. The molecule has 2 amide bonds. The number of amides is 2. The van der Waals surface area contributed by atoms with Crippen molar-refractivity contribution in [1.82, 2.24) is 4.90 Å². The Balaban J connectivity index is 2.02. The Morgan fingerprint density at radius 3 is 3.00 bits per heavy atom. The van der Waals surface area contributed by atoms with Crippen LogP contribution in [0, 0.1) is 0 Å². The maximum atomic E-state index is 11.7. The van der Waals surface area contributed by atoms with Crippen LogP contribution >= 0.6 is 15.9 Å². The van der Waals surface area contributed by atoms with E-state index in [2.05, 4.69) is 26.2 Å². The standard InChI is InChI=1S/C12H14BrN3O/c1-16-7-3-6-11(16)15-12(17)14-10-5-2-4-9(13)8-10/h2,4-5,8H,3,6-7H2,1H3,(H,14,17). The van der Waals surface area contributed by atoms with Crippen molar-refractivity contribution in [2.75, 3.05) is 18.9 Å². The van der Waals surface area contributed by atoms with Crippen molar-refractivity contribution in [2.45, 2.75) is 12.8 Å². The Labute approximate surface area is 109 Å². The van der Waals surface area contributed by atoms with Crippen molar-refractivity contribution >= 4 is 33.5 Å². The number of halogens is 1. The van der Waals surface area contributed by atoms with E-state index >= 15 is 0 Å². The maximum absolute atomic E-state index is 11.7. The zero-order valence-electron chi connectivity index (χ0n) is 9.61. The summed E-state index contributed by atoms with van der Waals surface area (Å²) in [5, 5.41) is 2.75. The number of nitrogens with zero attached hydrogens (tertiary/aromatic N) is 2. The summed E-state index contributed by atoms with van der Waals surface area (Å²) in [5.41, 5.74) is 0.745. The Hall–Kier alpha value is -1.36. The monoisotopic (exact) mass is 295 g/mol. The number of amidine groups is 1. The third kappa shape index (κ3) is 3.30. The number of carbonyl (C=O) groups is 1. The molecule has 0 bridgehead atoms. The first-order valence-electron chi connectivity index (χ1n) is 5.50. The second-order valence-electron chi connectivity index (χ2n) is 3.99. The number of anilines is 1.